The van der Waals surface area contributed by atoms with Gasteiger partial charge in [-0.05, 0) is 37.5 Å². The van der Waals surface area contributed by atoms with Gasteiger partial charge in [0.05, 0.1) is 0 Å². The Labute approximate surface area is 114 Å². The summed E-state index contributed by atoms with van der Waals surface area (Å²) in [6.45, 7) is 9.35. The van der Waals surface area contributed by atoms with Crippen molar-refractivity contribution in [2.24, 2.45) is 0 Å². The number of hydrogen-bond acceptors (Lipinski definition) is 3. The minimum absolute atomic E-state index is 0.413. The second-order valence-electron chi connectivity index (χ2n) is 5.99. The van der Waals surface area contributed by atoms with E-state index in [9.17, 15) is 0 Å². The molecule has 1 aromatic rings. The molecule has 1 fully saturated rings. The zero-order valence-corrected chi connectivity index (χ0v) is 12.1. The Bertz CT molecular complexity index is 442. The van der Waals surface area contributed by atoms with Gasteiger partial charge in [-0.1, -0.05) is 12.1 Å². The second kappa shape index (κ2) is 4.78. The molecule has 0 radical (unpaired) electrons. The summed E-state index contributed by atoms with van der Waals surface area (Å²) in [7, 11) is 0. The maximum absolute atomic E-state index is 3.43. The molecule has 0 aliphatic carbocycles. The highest BCUT2D eigenvalue weighted by atomic mass is 32.2. The van der Waals surface area contributed by atoms with Gasteiger partial charge in [0.25, 0.3) is 0 Å². The fraction of sp³-hybridized carbons (Fsp3) is 0.600. The Morgan fingerprint density at radius 2 is 2.28 bits per heavy atom. The van der Waals surface area contributed by atoms with Gasteiger partial charge in [-0.15, -0.1) is 0 Å². The first kappa shape index (κ1) is 12.4. The van der Waals surface area contributed by atoms with Crippen LogP contribution in [0.15, 0.2) is 18.2 Å². The molecule has 0 atom stereocenters. The number of benzene rings is 1. The van der Waals surface area contributed by atoms with Crippen LogP contribution in [-0.2, 0) is 13.0 Å². The van der Waals surface area contributed by atoms with Crippen LogP contribution in [0.4, 0.5) is 5.69 Å². The van der Waals surface area contributed by atoms with E-state index in [1.165, 1.54) is 42.1 Å². The van der Waals surface area contributed by atoms with Crippen LogP contribution < -0.4 is 5.32 Å². The molecule has 98 valence electrons. The number of hydrogen-bond donors (Lipinski definition) is 1. The summed E-state index contributed by atoms with van der Waals surface area (Å²) in [5.74, 6) is 1.26. The number of nitrogens with zero attached hydrogens (tertiary/aromatic N) is 1. The number of nitrogens with one attached hydrogen (secondary N) is 1. The lowest BCUT2D eigenvalue weighted by molar-refractivity contribution is 0.252. The monoisotopic (exact) mass is 262 g/mol. The minimum Gasteiger partial charge on any atom is -0.384 e. The molecule has 0 amide bonds. The molecule has 3 rings (SSSR count). The molecule has 1 N–H and O–H groups in total. The van der Waals surface area contributed by atoms with Crippen molar-refractivity contribution in [1.29, 1.82) is 0 Å². The second-order valence-corrected chi connectivity index (χ2v) is 7.79. The van der Waals surface area contributed by atoms with Crippen molar-refractivity contribution in [3.63, 3.8) is 0 Å². The predicted molar refractivity (Wildman–Crippen MR) is 80.4 cm³/mol. The molecular formula is C15H22N2S. The van der Waals surface area contributed by atoms with Gasteiger partial charge in [0.1, 0.15) is 0 Å². The third kappa shape index (κ3) is 2.67. The Morgan fingerprint density at radius 1 is 1.39 bits per heavy atom. The van der Waals surface area contributed by atoms with E-state index in [1.807, 2.05) is 0 Å². The summed E-state index contributed by atoms with van der Waals surface area (Å²) >= 11 is 2.10. The van der Waals surface area contributed by atoms with E-state index < -0.39 is 0 Å². The average Bonchev–Trinajstić information content (AvgIpc) is 2.74. The van der Waals surface area contributed by atoms with Crippen LogP contribution in [-0.4, -0.2) is 35.0 Å². The van der Waals surface area contributed by atoms with Gasteiger partial charge in [-0.2, -0.15) is 11.8 Å². The van der Waals surface area contributed by atoms with Crippen LogP contribution in [0.25, 0.3) is 0 Å². The van der Waals surface area contributed by atoms with E-state index in [4.69, 9.17) is 0 Å². The summed E-state index contributed by atoms with van der Waals surface area (Å²) < 4.78 is 0.413. The number of rotatable bonds is 2. The number of anilines is 1. The summed E-state index contributed by atoms with van der Waals surface area (Å²) in [5, 5.41) is 3.43. The van der Waals surface area contributed by atoms with E-state index in [0.29, 0.717) is 4.75 Å². The van der Waals surface area contributed by atoms with E-state index in [-0.39, 0.29) is 0 Å². The lowest BCUT2D eigenvalue weighted by Crippen LogP contribution is -2.42. The molecule has 3 heteroatoms. The van der Waals surface area contributed by atoms with E-state index >= 15 is 0 Å². The van der Waals surface area contributed by atoms with Crippen molar-refractivity contribution >= 4 is 17.4 Å². The smallest absolute Gasteiger partial charge is 0.0373 e. The van der Waals surface area contributed by atoms with Gasteiger partial charge in [0, 0.05) is 42.4 Å². The highest BCUT2D eigenvalue weighted by Crippen LogP contribution is 2.31. The molecule has 1 saturated heterocycles. The van der Waals surface area contributed by atoms with Crippen LogP contribution in [0.1, 0.15) is 25.0 Å². The molecule has 0 saturated carbocycles. The van der Waals surface area contributed by atoms with Crippen molar-refractivity contribution < 1.29 is 0 Å². The number of fused-ring (bicyclic) bond motifs is 1. The maximum atomic E-state index is 3.43. The first-order valence-corrected chi connectivity index (χ1v) is 7.83. The molecule has 2 heterocycles. The molecule has 0 bridgehead atoms. The molecule has 0 spiro atoms. The van der Waals surface area contributed by atoms with Crippen molar-refractivity contribution in [3.8, 4) is 0 Å². The van der Waals surface area contributed by atoms with Gasteiger partial charge >= 0.3 is 0 Å². The normalized spacial score (nSPS) is 22.6. The topological polar surface area (TPSA) is 15.3 Å². The molecule has 2 aliphatic heterocycles. The zero-order valence-electron chi connectivity index (χ0n) is 11.3. The third-order valence-electron chi connectivity index (χ3n) is 3.79. The maximum Gasteiger partial charge on any atom is 0.0373 e. The number of thioether (sulfide) groups is 1. The van der Waals surface area contributed by atoms with Gasteiger partial charge in [-0.25, -0.2) is 0 Å². The van der Waals surface area contributed by atoms with Crippen LogP contribution in [0.5, 0.6) is 0 Å². The van der Waals surface area contributed by atoms with Gasteiger partial charge < -0.3 is 5.32 Å². The summed E-state index contributed by atoms with van der Waals surface area (Å²) in [6, 6.07) is 6.93. The Morgan fingerprint density at radius 3 is 3.11 bits per heavy atom. The Balaban J connectivity index is 1.69. The van der Waals surface area contributed by atoms with Crippen LogP contribution in [0, 0.1) is 0 Å². The minimum atomic E-state index is 0.413. The molecule has 18 heavy (non-hydrogen) atoms. The standard InChI is InChI=1S/C15H22N2S/c1-15(2)11-17(7-8-18-15)10-12-3-4-14-13(9-12)5-6-16-14/h3-4,9,16H,5-8,10-11H2,1-2H3. The first-order chi connectivity index (χ1) is 8.62. The molecule has 2 nitrogen and oxygen atoms in total. The SMILES string of the molecule is CC1(C)CN(Cc2ccc3c(c2)CCN3)CCS1. The van der Waals surface area contributed by atoms with Gasteiger partial charge in [0.2, 0.25) is 0 Å². The van der Waals surface area contributed by atoms with Crippen molar-refractivity contribution in [1.82, 2.24) is 4.90 Å². The zero-order chi connectivity index (χ0) is 12.6. The molecule has 0 aromatic heterocycles. The summed E-state index contributed by atoms with van der Waals surface area (Å²) in [6.07, 6.45) is 1.19. The Hall–Kier alpha value is -0.670. The lowest BCUT2D eigenvalue weighted by atomic mass is 10.1. The van der Waals surface area contributed by atoms with Crippen molar-refractivity contribution in [2.75, 3.05) is 30.7 Å². The van der Waals surface area contributed by atoms with Crippen LogP contribution in [0.2, 0.25) is 0 Å². The highest BCUT2D eigenvalue weighted by Gasteiger charge is 2.26. The van der Waals surface area contributed by atoms with E-state index in [1.54, 1.807) is 0 Å². The lowest BCUT2D eigenvalue weighted by Gasteiger charge is -2.37. The summed E-state index contributed by atoms with van der Waals surface area (Å²) in [4.78, 5) is 2.60. The predicted octanol–water partition coefficient (Wildman–Crippen LogP) is 2.98. The molecular weight excluding hydrogens is 240 g/mol. The fourth-order valence-electron chi connectivity index (χ4n) is 2.96. The average molecular weight is 262 g/mol. The largest absolute Gasteiger partial charge is 0.384 e. The van der Waals surface area contributed by atoms with Crippen LogP contribution in [0.3, 0.4) is 0 Å². The van der Waals surface area contributed by atoms with E-state index in [0.717, 1.165) is 13.1 Å². The fourth-order valence-corrected chi connectivity index (χ4v) is 4.14. The van der Waals surface area contributed by atoms with Gasteiger partial charge in [0.15, 0.2) is 0 Å². The van der Waals surface area contributed by atoms with Crippen molar-refractivity contribution in [3.05, 3.63) is 29.3 Å². The third-order valence-corrected chi connectivity index (χ3v) is 5.09. The summed E-state index contributed by atoms with van der Waals surface area (Å²) in [5.41, 5.74) is 4.31. The molecule has 1 aromatic carbocycles. The quantitative estimate of drug-likeness (QED) is 0.882. The molecule has 2 aliphatic rings. The van der Waals surface area contributed by atoms with Gasteiger partial charge in [-0.3, -0.25) is 4.90 Å². The highest BCUT2D eigenvalue weighted by molar-refractivity contribution is 8.00. The molecule has 0 unspecified atom stereocenters. The van der Waals surface area contributed by atoms with Crippen molar-refractivity contribution in [2.45, 2.75) is 31.6 Å². The first-order valence-electron chi connectivity index (χ1n) is 6.84. The van der Waals surface area contributed by atoms with Crippen LogP contribution >= 0.6 is 11.8 Å². The Kier molecular flexibility index (Phi) is 3.29. The van der Waals surface area contributed by atoms with E-state index in [2.05, 4.69) is 54.0 Å².